The molecule has 1 heterocycles. The molecule has 1 N–H and O–H groups in total. The summed E-state index contributed by atoms with van der Waals surface area (Å²) in [6, 6.07) is 15.0. The third-order valence-corrected chi connectivity index (χ3v) is 4.52. The van der Waals surface area contributed by atoms with Gasteiger partial charge in [-0.1, -0.05) is 59.3 Å². The van der Waals surface area contributed by atoms with Gasteiger partial charge in [-0.25, -0.2) is 0 Å². The highest BCUT2D eigenvalue weighted by atomic mass is 35.5. The van der Waals surface area contributed by atoms with Crippen LogP contribution in [0, 0.1) is 0 Å². The van der Waals surface area contributed by atoms with E-state index in [-0.39, 0.29) is 17.3 Å². The number of nitrogens with one attached hydrogen (secondary N) is 1. The van der Waals surface area contributed by atoms with Crippen molar-refractivity contribution >= 4 is 39.1 Å². The molecule has 4 nitrogen and oxygen atoms in total. The summed E-state index contributed by atoms with van der Waals surface area (Å²) in [5.74, 6) is -0.217. The van der Waals surface area contributed by atoms with Crippen LogP contribution in [-0.4, -0.2) is 10.5 Å². The Balaban J connectivity index is 1.77. The van der Waals surface area contributed by atoms with Gasteiger partial charge in [-0.2, -0.15) is 0 Å². The average molecular weight is 333 g/mol. The van der Waals surface area contributed by atoms with Crippen LogP contribution in [0.3, 0.4) is 0 Å². The molecule has 0 saturated heterocycles. The van der Waals surface area contributed by atoms with Crippen LogP contribution in [-0.2, 0) is 17.9 Å². The van der Waals surface area contributed by atoms with Crippen molar-refractivity contribution in [1.82, 2.24) is 9.88 Å². The van der Waals surface area contributed by atoms with Gasteiger partial charge in [0, 0.05) is 6.54 Å². The standard InChI is InChI=1S/C16H13ClN2O2S/c17-12-7-4-8-13-15(12)19(16(21)22-13)10-14(20)18-9-11-5-2-1-3-6-11/h1-8H,9-10H2,(H,18,20). The first-order chi connectivity index (χ1) is 10.6. The maximum atomic E-state index is 12.1. The minimum atomic E-state index is -0.217. The molecular formula is C16H13ClN2O2S. The molecule has 2 aromatic carbocycles. The molecule has 1 amide bonds. The minimum Gasteiger partial charge on any atom is -0.350 e. The Bertz CT molecular complexity index is 871. The van der Waals surface area contributed by atoms with E-state index in [1.165, 1.54) is 4.57 Å². The molecule has 3 rings (SSSR count). The van der Waals surface area contributed by atoms with E-state index < -0.39 is 0 Å². The highest BCUT2D eigenvalue weighted by molar-refractivity contribution is 7.16. The third kappa shape index (κ3) is 3.05. The summed E-state index contributed by atoms with van der Waals surface area (Å²) < 4.78 is 2.20. The van der Waals surface area contributed by atoms with Gasteiger partial charge in [-0.05, 0) is 17.7 Å². The number of para-hydroxylation sites is 1. The van der Waals surface area contributed by atoms with E-state index in [1.54, 1.807) is 12.1 Å². The van der Waals surface area contributed by atoms with Gasteiger partial charge in [-0.3, -0.25) is 14.2 Å². The number of aromatic nitrogens is 1. The van der Waals surface area contributed by atoms with E-state index in [0.717, 1.165) is 21.6 Å². The van der Waals surface area contributed by atoms with Crippen molar-refractivity contribution in [2.24, 2.45) is 0 Å². The number of carbonyl (C=O) groups is 1. The van der Waals surface area contributed by atoms with E-state index >= 15 is 0 Å². The molecular weight excluding hydrogens is 320 g/mol. The molecule has 0 spiro atoms. The lowest BCUT2D eigenvalue weighted by Crippen LogP contribution is -2.30. The first-order valence-electron chi connectivity index (χ1n) is 6.73. The van der Waals surface area contributed by atoms with Crippen LogP contribution in [0.5, 0.6) is 0 Å². The number of hydrogen-bond donors (Lipinski definition) is 1. The molecule has 0 aliphatic rings. The molecule has 3 aromatic rings. The summed E-state index contributed by atoms with van der Waals surface area (Å²) in [5.41, 5.74) is 1.63. The third-order valence-electron chi connectivity index (χ3n) is 3.27. The van der Waals surface area contributed by atoms with Crippen LogP contribution in [0.2, 0.25) is 5.02 Å². The Hall–Kier alpha value is -2.11. The second kappa shape index (κ2) is 6.34. The summed E-state index contributed by atoms with van der Waals surface area (Å²) in [4.78, 5) is 23.9. The monoisotopic (exact) mass is 332 g/mol. The minimum absolute atomic E-state index is 0.0323. The average Bonchev–Trinajstić information content (AvgIpc) is 2.83. The van der Waals surface area contributed by atoms with Crippen molar-refractivity contribution in [3.8, 4) is 0 Å². The zero-order chi connectivity index (χ0) is 15.5. The maximum Gasteiger partial charge on any atom is 0.308 e. The Labute approximate surface area is 136 Å². The van der Waals surface area contributed by atoms with Gasteiger partial charge in [-0.15, -0.1) is 0 Å². The lowest BCUT2D eigenvalue weighted by molar-refractivity contribution is -0.121. The number of hydrogen-bond acceptors (Lipinski definition) is 3. The SMILES string of the molecule is O=C(Cn1c(=O)sc2cccc(Cl)c21)NCc1ccccc1. The number of halogens is 1. The van der Waals surface area contributed by atoms with Crippen LogP contribution >= 0.6 is 22.9 Å². The molecule has 0 bridgehead atoms. The number of fused-ring (bicyclic) bond motifs is 1. The highest BCUT2D eigenvalue weighted by Gasteiger charge is 2.13. The molecule has 0 unspecified atom stereocenters. The van der Waals surface area contributed by atoms with Gasteiger partial charge in [0.2, 0.25) is 5.91 Å². The number of thiazole rings is 1. The maximum absolute atomic E-state index is 12.1. The van der Waals surface area contributed by atoms with Crippen molar-refractivity contribution in [2.75, 3.05) is 0 Å². The second-order valence-corrected chi connectivity index (χ2v) is 6.20. The topological polar surface area (TPSA) is 51.1 Å². The molecule has 0 aliphatic heterocycles. The predicted molar refractivity (Wildman–Crippen MR) is 89.4 cm³/mol. The van der Waals surface area contributed by atoms with Crippen molar-refractivity contribution < 1.29 is 4.79 Å². The predicted octanol–water partition coefficient (Wildman–Crippen LogP) is 3.03. The fourth-order valence-corrected chi connectivity index (χ4v) is 3.47. The van der Waals surface area contributed by atoms with Gasteiger partial charge in [0.05, 0.1) is 15.2 Å². The van der Waals surface area contributed by atoms with Crippen LogP contribution in [0.25, 0.3) is 10.2 Å². The number of nitrogens with zero attached hydrogens (tertiary/aromatic N) is 1. The molecule has 22 heavy (non-hydrogen) atoms. The molecule has 0 fully saturated rings. The Morgan fingerprint density at radius 2 is 1.91 bits per heavy atom. The van der Waals surface area contributed by atoms with Gasteiger partial charge < -0.3 is 5.32 Å². The fraction of sp³-hybridized carbons (Fsp3) is 0.125. The molecule has 0 atom stereocenters. The molecule has 0 aliphatic carbocycles. The van der Waals surface area contributed by atoms with E-state index in [4.69, 9.17) is 11.6 Å². The molecule has 0 saturated carbocycles. The number of benzene rings is 2. The lowest BCUT2D eigenvalue weighted by Gasteiger charge is -2.07. The summed E-state index contributed by atoms with van der Waals surface area (Å²) in [6.45, 7) is 0.402. The fourth-order valence-electron chi connectivity index (χ4n) is 2.22. The van der Waals surface area contributed by atoms with Gasteiger partial charge in [0.15, 0.2) is 0 Å². The van der Waals surface area contributed by atoms with E-state index in [9.17, 15) is 9.59 Å². The number of amides is 1. The van der Waals surface area contributed by atoms with Crippen LogP contribution < -0.4 is 10.2 Å². The molecule has 0 radical (unpaired) electrons. The Morgan fingerprint density at radius 1 is 1.14 bits per heavy atom. The lowest BCUT2D eigenvalue weighted by atomic mass is 10.2. The first kappa shape index (κ1) is 14.8. The number of carbonyl (C=O) groups excluding carboxylic acids is 1. The second-order valence-electron chi connectivity index (χ2n) is 4.80. The van der Waals surface area contributed by atoms with Gasteiger partial charge in [0.25, 0.3) is 0 Å². The van der Waals surface area contributed by atoms with Crippen molar-refractivity contribution in [3.63, 3.8) is 0 Å². The zero-order valence-corrected chi connectivity index (χ0v) is 13.2. The highest BCUT2D eigenvalue weighted by Crippen LogP contribution is 2.24. The summed E-state index contributed by atoms with van der Waals surface area (Å²) in [6.07, 6.45) is 0. The zero-order valence-electron chi connectivity index (χ0n) is 11.6. The smallest absolute Gasteiger partial charge is 0.308 e. The van der Waals surface area contributed by atoms with E-state index in [1.807, 2.05) is 36.4 Å². The summed E-state index contributed by atoms with van der Waals surface area (Å²) in [7, 11) is 0. The van der Waals surface area contributed by atoms with Crippen LogP contribution in [0.15, 0.2) is 53.3 Å². The van der Waals surface area contributed by atoms with Gasteiger partial charge in [0.1, 0.15) is 6.54 Å². The van der Waals surface area contributed by atoms with Gasteiger partial charge >= 0.3 is 4.87 Å². The van der Waals surface area contributed by atoms with Crippen molar-refractivity contribution in [3.05, 3.63) is 68.8 Å². The van der Waals surface area contributed by atoms with Crippen molar-refractivity contribution in [1.29, 1.82) is 0 Å². The Kier molecular flexibility index (Phi) is 4.27. The normalized spacial score (nSPS) is 10.8. The molecule has 1 aromatic heterocycles. The summed E-state index contributed by atoms with van der Waals surface area (Å²) >= 11 is 7.24. The molecule has 6 heteroatoms. The largest absolute Gasteiger partial charge is 0.350 e. The Morgan fingerprint density at radius 3 is 2.68 bits per heavy atom. The van der Waals surface area contributed by atoms with E-state index in [0.29, 0.717) is 17.1 Å². The van der Waals surface area contributed by atoms with Crippen LogP contribution in [0.4, 0.5) is 0 Å². The molecule has 112 valence electrons. The number of rotatable bonds is 4. The summed E-state index contributed by atoms with van der Waals surface area (Å²) in [5, 5.41) is 3.29. The van der Waals surface area contributed by atoms with E-state index in [2.05, 4.69) is 5.32 Å². The van der Waals surface area contributed by atoms with Crippen molar-refractivity contribution in [2.45, 2.75) is 13.1 Å². The quantitative estimate of drug-likeness (QED) is 0.798. The first-order valence-corrected chi connectivity index (χ1v) is 7.93. The van der Waals surface area contributed by atoms with Crippen LogP contribution in [0.1, 0.15) is 5.56 Å².